The second-order valence-electron chi connectivity index (χ2n) is 8.78. The Labute approximate surface area is 124 Å². The van der Waals surface area contributed by atoms with Crippen LogP contribution in [0.25, 0.3) is 0 Å². The molecule has 0 spiro atoms. The van der Waals surface area contributed by atoms with E-state index in [2.05, 4.69) is 73.7 Å². The summed E-state index contributed by atoms with van der Waals surface area (Å²) in [6, 6.07) is 4.10. The minimum Gasteiger partial charge on any atom is -0.871 e. The van der Waals surface area contributed by atoms with Crippen molar-refractivity contribution in [3.05, 3.63) is 23.3 Å². The maximum Gasteiger partial charge on any atom is 0.0289 e. The third kappa shape index (κ3) is 4.16. The zero-order valence-electron chi connectivity index (χ0n) is 14.6. The number of nitrogens with one attached hydrogen (secondary N) is 1. The van der Waals surface area contributed by atoms with Gasteiger partial charge in [0.05, 0.1) is 0 Å². The fraction of sp³-hybridized carbons (Fsp3) is 0.667. The zero-order chi connectivity index (χ0) is 15.9. The van der Waals surface area contributed by atoms with Crippen LogP contribution in [0.3, 0.4) is 0 Å². The first kappa shape index (κ1) is 16.9. The molecule has 2 heteroatoms. The van der Waals surface area contributed by atoms with E-state index in [4.69, 9.17) is 0 Å². The van der Waals surface area contributed by atoms with E-state index >= 15 is 0 Å². The van der Waals surface area contributed by atoms with Gasteiger partial charge in [-0.1, -0.05) is 53.4 Å². The molecule has 0 aliphatic carbocycles. The Morgan fingerprint density at radius 1 is 0.800 bits per heavy atom. The van der Waals surface area contributed by atoms with Gasteiger partial charge in [0.2, 0.25) is 0 Å². The van der Waals surface area contributed by atoms with Gasteiger partial charge in [0.15, 0.2) is 0 Å². The average Bonchev–Trinajstić information content (AvgIpc) is 2.15. The van der Waals surface area contributed by atoms with Crippen LogP contribution in [0.15, 0.2) is 12.1 Å². The van der Waals surface area contributed by atoms with E-state index in [-0.39, 0.29) is 22.1 Å². The Morgan fingerprint density at radius 3 is 1.65 bits per heavy atom. The van der Waals surface area contributed by atoms with Crippen LogP contribution in [0, 0.1) is 0 Å². The molecule has 1 rings (SSSR count). The van der Waals surface area contributed by atoms with E-state index in [1.165, 1.54) is 5.56 Å². The van der Waals surface area contributed by atoms with Gasteiger partial charge in [0, 0.05) is 11.2 Å². The summed E-state index contributed by atoms with van der Waals surface area (Å²) in [7, 11) is 0. The van der Waals surface area contributed by atoms with Crippen LogP contribution in [0.2, 0.25) is 0 Å². The van der Waals surface area contributed by atoms with Crippen LogP contribution < -0.4 is 10.4 Å². The van der Waals surface area contributed by atoms with Crippen molar-refractivity contribution >= 4 is 5.69 Å². The molecule has 1 N–H and O–H groups in total. The van der Waals surface area contributed by atoms with Gasteiger partial charge in [-0.15, -0.1) is 0 Å². The molecule has 0 saturated heterocycles. The van der Waals surface area contributed by atoms with E-state index in [9.17, 15) is 5.11 Å². The molecular formula is C18H30NO-. The van der Waals surface area contributed by atoms with Crippen molar-refractivity contribution in [1.29, 1.82) is 0 Å². The Bertz CT molecular complexity index is 482. The fourth-order valence-electron chi connectivity index (χ4n) is 2.12. The molecule has 0 fully saturated rings. The van der Waals surface area contributed by atoms with Crippen molar-refractivity contribution < 1.29 is 5.11 Å². The fourth-order valence-corrected chi connectivity index (χ4v) is 2.12. The van der Waals surface area contributed by atoms with Crippen molar-refractivity contribution in [3.8, 4) is 5.75 Å². The van der Waals surface area contributed by atoms with Crippen molar-refractivity contribution in [2.75, 3.05) is 5.32 Å². The Balaban J connectivity index is 3.51. The molecule has 0 saturated carbocycles. The third-order valence-electron chi connectivity index (χ3n) is 3.27. The zero-order valence-corrected chi connectivity index (χ0v) is 14.6. The first-order chi connectivity index (χ1) is 8.72. The molecule has 20 heavy (non-hydrogen) atoms. The van der Waals surface area contributed by atoms with Crippen LogP contribution in [0.1, 0.15) is 73.4 Å². The number of benzene rings is 1. The van der Waals surface area contributed by atoms with Crippen molar-refractivity contribution in [2.45, 2.75) is 78.7 Å². The van der Waals surface area contributed by atoms with Crippen molar-refractivity contribution in [2.24, 2.45) is 0 Å². The summed E-state index contributed by atoms with van der Waals surface area (Å²) < 4.78 is 0. The van der Waals surface area contributed by atoms with Gasteiger partial charge in [0.25, 0.3) is 0 Å². The van der Waals surface area contributed by atoms with Gasteiger partial charge in [-0.2, -0.15) is 0 Å². The molecule has 0 radical (unpaired) electrons. The number of hydrogen-bond acceptors (Lipinski definition) is 2. The minimum atomic E-state index is -0.146. The maximum atomic E-state index is 12.7. The normalized spacial score (nSPS) is 13.4. The van der Waals surface area contributed by atoms with Gasteiger partial charge in [-0.05, 0) is 48.8 Å². The molecule has 0 unspecified atom stereocenters. The molecule has 0 bridgehead atoms. The molecule has 0 amide bonds. The highest BCUT2D eigenvalue weighted by Crippen LogP contribution is 2.39. The Kier molecular flexibility index (Phi) is 4.20. The first-order valence-electron chi connectivity index (χ1n) is 7.36. The van der Waals surface area contributed by atoms with Gasteiger partial charge in [0.1, 0.15) is 0 Å². The summed E-state index contributed by atoms with van der Waals surface area (Å²) >= 11 is 0. The van der Waals surface area contributed by atoms with Gasteiger partial charge in [-0.3, -0.25) is 0 Å². The number of hydrogen-bond donors (Lipinski definition) is 1. The molecule has 0 aliphatic heterocycles. The van der Waals surface area contributed by atoms with Gasteiger partial charge in [-0.25, -0.2) is 0 Å². The molecule has 0 atom stereocenters. The molecular weight excluding hydrogens is 246 g/mol. The minimum absolute atomic E-state index is 0.0298. The lowest BCUT2D eigenvalue weighted by molar-refractivity contribution is -0.268. The molecule has 0 aromatic heterocycles. The van der Waals surface area contributed by atoms with Crippen molar-refractivity contribution in [1.82, 2.24) is 0 Å². The lowest BCUT2D eigenvalue weighted by Crippen LogP contribution is -2.28. The molecule has 0 aliphatic rings. The summed E-state index contributed by atoms with van der Waals surface area (Å²) in [6.45, 7) is 19.1. The summed E-state index contributed by atoms with van der Waals surface area (Å²) in [5.41, 5.74) is 2.57. The first-order valence-corrected chi connectivity index (χ1v) is 7.36. The highest BCUT2D eigenvalue weighted by Gasteiger charge is 2.22. The van der Waals surface area contributed by atoms with E-state index in [0.717, 1.165) is 11.3 Å². The summed E-state index contributed by atoms with van der Waals surface area (Å²) in [5, 5.41) is 16.1. The van der Waals surface area contributed by atoms with E-state index in [1.807, 2.05) is 6.07 Å². The molecule has 114 valence electrons. The van der Waals surface area contributed by atoms with E-state index in [1.54, 1.807) is 0 Å². The third-order valence-corrected chi connectivity index (χ3v) is 3.27. The molecule has 1 aromatic carbocycles. The monoisotopic (exact) mass is 276 g/mol. The highest BCUT2D eigenvalue weighted by molar-refractivity contribution is 5.63. The smallest absolute Gasteiger partial charge is 0.0289 e. The highest BCUT2D eigenvalue weighted by atomic mass is 16.3. The quantitative estimate of drug-likeness (QED) is 0.815. The topological polar surface area (TPSA) is 35.1 Å². The Hall–Kier alpha value is -1.18. The Morgan fingerprint density at radius 2 is 1.30 bits per heavy atom. The summed E-state index contributed by atoms with van der Waals surface area (Å²) in [4.78, 5) is 0. The van der Waals surface area contributed by atoms with Crippen LogP contribution in [0.5, 0.6) is 5.75 Å². The van der Waals surface area contributed by atoms with E-state index < -0.39 is 0 Å². The largest absolute Gasteiger partial charge is 0.871 e. The predicted octanol–water partition coefficient (Wildman–Crippen LogP) is 4.57. The maximum absolute atomic E-state index is 12.7. The van der Waals surface area contributed by atoms with Crippen LogP contribution in [-0.2, 0) is 10.8 Å². The molecule has 2 nitrogen and oxygen atoms in total. The lowest BCUT2D eigenvalue weighted by Gasteiger charge is -2.34. The van der Waals surface area contributed by atoms with Crippen molar-refractivity contribution in [3.63, 3.8) is 0 Å². The second kappa shape index (κ2) is 4.98. The van der Waals surface area contributed by atoms with Crippen LogP contribution in [-0.4, -0.2) is 5.54 Å². The molecule has 0 heterocycles. The van der Waals surface area contributed by atoms with Gasteiger partial charge >= 0.3 is 0 Å². The summed E-state index contributed by atoms with van der Waals surface area (Å²) in [5.74, 6) is 0.125. The van der Waals surface area contributed by atoms with Crippen LogP contribution >= 0.6 is 0 Å². The van der Waals surface area contributed by atoms with Gasteiger partial charge < -0.3 is 10.4 Å². The number of rotatable bonds is 1. The average molecular weight is 276 g/mol. The standard InChI is InChI=1S/C18H31NO/c1-16(2,3)12-10-13(17(4,5)6)15(20)14(11-12)19-18(7,8)9/h10-11,19-20H,1-9H3/p-1. The van der Waals surface area contributed by atoms with Crippen LogP contribution in [0.4, 0.5) is 5.69 Å². The SMILES string of the molecule is CC(C)(C)Nc1cc(C(C)(C)C)cc(C(C)(C)C)c1[O-]. The number of anilines is 1. The summed E-state index contributed by atoms with van der Waals surface area (Å²) in [6.07, 6.45) is 0. The lowest BCUT2D eigenvalue weighted by atomic mass is 9.79. The second-order valence-corrected chi connectivity index (χ2v) is 8.78. The molecule has 1 aromatic rings. The van der Waals surface area contributed by atoms with E-state index in [0.29, 0.717) is 0 Å². The predicted molar refractivity (Wildman–Crippen MR) is 86.7 cm³/mol.